The number of nitrogens with one attached hydrogen (secondary N) is 1. The number of aliphatic hydroxyl groups excluding tert-OH is 3. The van der Waals surface area contributed by atoms with E-state index < -0.39 is 24.2 Å². The van der Waals surface area contributed by atoms with Crippen molar-refractivity contribution in [2.75, 3.05) is 6.61 Å². The van der Waals surface area contributed by atoms with Crippen LogP contribution in [0.5, 0.6) is 0 Å². The molecule has 0 aromatic heterocycles. The standard InChI is InChI=1S/C39H75NO4/c1-3-5-7-9-11-13-15-17-19-20-22-24-26-28-30-32-34-38(43)39(44)40-36(35-41)37(42)33-31-29-27-25-23-21-18-16-14-12-10-8-6-4-2/h17,19,31,33,36-38,41-43H,3-16,18,20-30,32,34-35H2,1-2H3,(H,40,44)/b19-17-,33-31+. The number of allylic oxidation sites excluding steroid dienone is 3. The van der Waals surface area contributed by atoms with Gasteiger partial charge in [0.15, 0.2) is 0 Å². The molecular weight excluding hydrogens is 546 g/mol. The summed E-state index contributed by atoms with van der Waals surface area (Å²) in [6, 6.07) is -0.796. The fraction of sp³-hybridized carbons (Fsp3) is 0.872. The van der Waals surface area contributed by atoms with E-state index in [2.05, 4.69) is 31.3 Å². The molecule has 44 heavy (non-hydrogen) atoms. The van der Waals surface area contributed by atoms with Gasteiger partial charge in [0.2, 0.25) is 5.91 Å². The Morgan fingerprint density at radius 2 is 0.909 bits per heavy atom. The van der Waals surface area contributed by atoms with E-state index >= 15 is 0 Å². The molecule has 4 N–H and O–H groups in total. The molecule has 0 saturated carbocycles. The summed E-state index contributed by atoms with van der Waals surface area (Å²) in [4.78, 5) is 12.4. The molecule has 0 aromatic rings. The summed E-state index contributed by atoms with van der Waals surface area (Å²) in [5.74, 6) is -0.509. The molecular formula is C39H75NO4. The van der Waals surface area contributed by atoms with Crippen molar-refractivity contribution >= 4 is 5.91 Å². The molecule has 5 heteroatoms. The van der Waals surface area contributed by atoms with Crippen molar-refractivity contribution in [1.29, 1.82) is 0 Å². The molecule has 0 rings (SSSR count). The highest BCUT2D eigenvalue weighted by molar-refractivity contribution is 5.80. The Morgan fingerprint density at radius 3 is 1.32 bits per heavy atom. The SMILES string of the molecule is CCCCCCCC/C=C\CCCCCCCCC(O)C(=O)NC(CO)C(O)/C=C/CCCCCCCCCCCCCC. The van der Waals surface area contributed by atoms with Crippen LogP contribution in [0.3, 0.4) is 0 Å². The minimum atomic E-state index is -1.10. The zero-order valence-corrected chi connectivity index (χ0v) is 29.3. The number of hydrogen-bond donors (Lipinski definition) is 4. The van der Waals surface area contributed by atoms with E-state index in [0.717, 1.165) is 32.1 Å². The van der Waals surface area contributed by atoms with Crippen molar-refractivity contribution in [2.45, 2.75) is 212 Å². The van der Waals surface area contributed by atoms with Crippen molar-refractivity contribution in [3.05, 3.63) is 24.3 Å². The molecule has 0 bridgehead atoms. The fourth-order valence-corrected chi connectivity index (χ4v) is 5.71. The molecule has 3 unspecified atom stereocenters. The summed E-state index contributed by atoms with van der Waals surface area (Å²) >= 11 is 0. The van der Waals surface area contributed by atoms with Gasteiger partial charge in [-0.1, -0.05) is 173 Å². The highest BCUT2D eigenvalue weighted by Gasteiger charge is 2.22. The molecule has 0 aliphatic carbocycles. The van der Waals surface area contributed by atoms with Gasteiger partial charge in [0, 0.05) is 0 Å². The first kappa shape index (κ1) is 42.8. The van der Waals surface area contributed by atoms with Crippen LogP contribution in [0.15, 0.2) is 24.3 Å². The van der Waals surface area contributed by atoms with Crippen LogP contribution in [0.2, 0.25) is 0 Å². The molecule has 5 nitrogen and oxygen atoms in total. The summed E-state index contributed by atoms with van der Waals surface area (Å²) < 4.78 is 0. The zero-order chi connectivity index (χ0) is 32.4. The van der Waals surface area contributed by atoms with Crippen LogP contribution in [-0.4, -0.2) is 46.1 Å². The van der Waals surface area contributed by atoms with Crippen molar-refractivity contribution < 1.29 is 20.1 Å². The summed E-state index contributed by atoms with van der Waals surface area (Å²) in [6.45, 7) is 4.16. The lowest BCUT2D eigenvalue weighted by atomic mass is 10.0. The quantitative estimate of drug-likeness (QED) is 0.0425. The molecule has 1 amide bonds. The van der Waals surface area contributed by atoms with E-state index in [1.807, 2.05) is 6.08 Å². The van der Waals surface area contributed by atoms with E-state index in [1.54, 1.807) is 6.08 Å². The highest BCUT2D eigenvalue weighted by Crippen LogP contribution is 2.14. The predicted molar refractivity (Wildman–Crippen MR) is 190 cm³/mol. The minimum absolute atomic E-state index is 0.364. The normalized spacial score (nSPS) is 14.0. The molecule has 0 heterocycles. The van der Waals surface area contributed by atoms with Crippen LogP contribution in [0.25, 0.3) is 0 Å². The maximum atomic E-state index is 12.4. The van der Waals surface area contributed by atoms with Crippen molar-refractivity contribution in [3.63, 3.8) is 0 Å². The number of unbranched alkanes of at least 4 members (excludes halogenated alkanes) is 24. The largest absolute Gasteiger partial charge is 0.394 e. The molecule has 0 spiro atoms. The lowest BCUT2D eigenvalue weighted by Crippen LogP contribution is -2.48. The van der Waals surface area contributed by atoms with E-state index in [4.69, 9.17) is 0 Å². The highest BCUT2D eigenvalue weighted by atomic mass is 16.3. The number of carbonyl (C=O) groups is 1. The molecule has 0 saturated heterocycles. The molecule has 0 radical (unpaired) electrons. The van der Waals surface area contributed by atoms with Gasteiger partial charge in [0.25, 0.3) is 0 Å². The van der Waals surface area contributed by atoms with Gasteiger partial charge in [-0.05, 0) is 44.9 Å². The van der Waals surface area contributed by atoms with Crippen LogP contribution in [0.1, 0.15) is 194 Å². The van der Waals surface area contributed by atoms with Crippen LogP contribution >= 0.6 is 0 Å². The summed E-state index contributed by atoms with van der Waals surface area (Å²) in [7, 11) is 0. The van der Waals surface area contributed by atoms with Crippen molar-refractivity contribution in [2.24, 2.45) is 0 Å². The third-order valence-corrected chi connectivity index (χ3v) is 8.79. The van der Waals surface area contributed by atoms with Crippen LogP contribution in [0.4, 0.5) is 0 Å². The Balaban J connectivity index is 3.74. The summed E-state index contributed by atoms with van der Waals surface area (Å²) in [6.07, 6.45) is 40.4. The summed E-state index contributed by atoms with van der Waals surface area (Å²) in [5, 5.41) is 33.0. The number of aliphatic hydroxyl groups is 3. The first-order valence-corrected chi connectivity index (χ1v) is 19.2. The molecule has 0 aliphatic heterocycles. The number of rotatable bonds is 34. The van der Waals surface area contributed by atoms with Crippen LogP contribution in [0, 0.1) is 0 Å². The lowest BCUT2D eigenvalue weighted by Gasteiger charge is -2.21. The second kappa shape index (κ2) is 34.7. The Hall–Kier alpha value is -1.17. The van der Waals surface area contributed by atoms with Crippen molar-refractivity contribution in [1.82, 2.24) is 5.32 Å². The topological polar surface area (TPSA) is 89.8 Å². The molecule has 3 atom stereocenters. The smallest absolute Gasteiger partial charge is 0.249 e. The first-order chi connectivity index (χ1) is 21.6. The van der Waals surface area contributed by atoms with E-state index in [-0.39, 0.29) is 6.61 Å². The van der Waals surface area contributed by atoms with Gasteiger partial charge in [0.05, 0.1) is 18.8 Å². The van der Waals surface area contributed by atoms with Gasteiger partial charge < -0.3 is 20.6 Å². The van der Waals surface area contributed by atoms with Gasteiger partial charge in [-0.15, -0.1) is 0 Å². The van der Waals surface area contributed by atoms with Crippen molar-refractivity contribution in [3.8, 4) is 0 Å². The van der Waals surface area contributed by atoms with Gasteiger partial charge >= 0.3 is 0 Å². The number of hydrogen-bond acceptors (Lipinski definition) is 4. The maximum Gasteiger partial charge on any atom is 0.249 e. The van der Waals surface area contributed by atoms with Gasteiger partial charge in [-0.25, -0.2) is 0 Å². The van der Waals surface area contributed by atoms with E-state index in [1.165, 1.54) is 141 Å². The third-order valence-electron chi connectivity index (χ3n) is 8.79. The van der Waals surface area contributed by atoms with Gasteiger partial charge in [0.1, 0.15) is 6.10 Å². The lowest BCUT2D eigenvalue weighted by molar-refractivity contribution is -0.131. The second-order valence-electron chi connectivity index (χ2n) is 13.1. The molecule has 260 valence electrons. The van der Waals surface area contributed by atoms with Gasteiger partial charge in [-0.3, -0.25) is 4.79 Å². The Kier molecular flexibility index (Phi) is 33.8. The Labute approximate surface area is 273 Å². The average molecular weight is 622 g/mol. The average Bonchev–Trinajstić information content (AvgIpc) is 3.03. The van der Waals surface area contributed by atoms with E-state index in [0.29, 0.717) is 6.42 Å². The Morgan fingerprint density at radius 1 is 0.545 bits per heavy atom. The molecule has 0 fully saturated rings. The number of amides is 1. The van der Waals surface area contributed by atoms with Crippen LogP contribution < -0.4 is 5.32 Å². The first-order valence-electron chi connectivity index (χ1n) is 19.2. The van der Waals surface area contributed by atoms with E-state index in [9.17, 15) is 20.1 Å². The minimum Gasteiger partial charge on any atom is -0.394 e. The second-order valence-corrected chi connectivity index (χ2v) is 13.1. The molecule has 0 aromatic carbocycles. The number of carbonyl (C=O) groups excluding carboxylic acids is 1. The molecule has 0 aliphatic rings. The van der Waals surface area contributed by atoms with Gasteiger partial charge in [-0.2, -0.15) is 0 Å². The third kappa shape index (κ3) is 29.5. The predicted octanol–water partition coefficient (Wildman–Crippen LogP) is 10.3. The fourth-order valence-electron chi connectivity index (χ4n) is 5.71. The maximum absolute atomic E-state index is 12.4. The monoisotopic (exact) mass is 622 g/mol. The zero-order valence-electron chi connectivity index (χ0n) is 29.3. The van der Waals surface area contributed by atoms with Crippen LogP contribution in [-0.2, 0) is 4.79 Å². The summed E-state index contributed by atoms with van der Waals surface area (Å²) in [5.41, 5.74) is 0. The Bertz CT molecular complexity index is 650.